The van der Waals surface area contributed by atoms with Crippen molar-refractivity contribution < 1.29 is 8.42 Å². The molecule has 0 heterocycles. The molecule has 0 aliphatic rings. The summed E-state index contributed by atoms with van der Waals surface area (Å²) >= 11 is 5.88. The molecule has 0 atom stereocenters. The lowest BCUT2D eigenvalue weighted by Gasteiger charge is -2.21. The summed E-state index contributed by atoms with van der Waals surface area (Å²) in [6.45, 7) is 5.19. The Morgan fingerprint density at radius 3 is 2.39 bits per heavy atom. The molecule has 0 aliphatic heterocycles. The fourth-order valence-electron chi connectivity index (χ4n) is 1.24. The van der Waals surface area contributed by atoms with E-state index in [9.17, 15) is 8.42 Å². The van der Waals surface area contributed by atoms with Crippen LogP contribution in [0, 0.1) is 11.3 Å². The van der Waals surface area contributed by atoms with Gasteiger partial charge in [-0.25, -0.2) is 0 Å². The monoisotopic (exact) mass is 287 g/mol. The van der Waals surface area contributed by atoms with Gasteiger partial charge in [-0.05, 0) is 39.0 Å². The van der Waals surface area contributed by atoms with Gasteiger partial charge in [0.15, 0.2) is 0 Å². The minimum atomic E-state index is -3.70. The molecule has 0 fully saturated rings. The highest BCUT2D eigenvalue weighted by molar-refractivity contribution is 7.90. The van der Waals surface area contributed by atoms with E-state index in [4.69, 9.17) is 16.9 Å². The zero-order chi connectivity index (χ0) is 14.0. The van der Waals surface area contributed by atoms with Crippen molar-refractivity contribution in [2.24, 2.45) is 0 Å². The van der Waals surface area contributed by atoms with Gasteiger partial charge in [0.25, 0.3) is 10.2 Å². The van der Waals surface area contributed by atoms with E-state index in [1.807, 2.05) is 6.07 Å². The van der Waals surface area contributed by atoms with Crippen LogP contribution in [0.4, 0.5) is 5.69 Å². The third-order valence-electron chi connectivity index (χ3n) is 1.78. The maximum atomic E-state index is 11.8. The highest BCUT2D eigenvalue weighted by Crippen LogP contribution is 2.23. The van der Waals surface area contributed by atoms with Gasteiger partial charge in [0.1, 0.15) is 0 Å². The first-order chi connectivity index (χ1) is 8.13. The highest BCUT2D eigenvalue weighted by Gasteiger charge is 2.20. The summed E-state index contributed by atoms with van der Waals surface area (Å²) in [5.74, 6) is 0. The first-order valence-electron chi connectivity index (χ1n) is 5.14. The number of anilines is 1. The number of nitrogens with zero attached hydrogens (tertiary/aromatic N) is 1. The van der Waals surface area contributed by atoms with E-state index in [0.717, 1.165) is 0 Å². The molecule has 0 saturated heterocycles. The molecule has 2 N–H and O–H groups in total. The van der Waals surface area contributed by atoms with Crippen LogP contribution in [0.2, 0.25) is 5.02 Å². The lowest BCUT2D eigenvalue weighted by molar-refractivity contribution is 0.494. The third-order valence-corrected chi connectivity index (χ3v) is 3.47. The van der Waals surface area contributed by atoms with Crippen molar-refractivity contribution in [2.45, 2.75) is 26.3 Å². The standard InChI is InChI=1S/C11H14ClN3O2S/c1-11(2,3)15-18(16,17)14-10-5-4-8(7-13)6-9(10)12/h4-6,14-15H,1-3H3. The Kier molecular flexibility index (Phi) is 4.22. The van der Waals surface area contributed by atoms with Gasteiger partial charge in [-0.2, -0.15) is 18.4 Å². The Balaban J connectivity index is 2.96. The van der Waals surface area contributed by atoms with Gasteiger partial charge in [-0.3, -0.25) is 4.72 Å². The molecule has 7 heteroatoms. The molecular formula is C11H14ClN3O2S. The molecule has 5 nitrogen and oxygen atoms in total. The van der Waals surface area contributed by atoms with Crippen LogP contribution in [0.5, 0.6) is 0 Å². The van der Waals surface area contributed by atoms with E-state index in [2.05, 4.69) is 9.44 Å². The molecule has 0 spiro atoms. The van der Waals surface area contributed by atoms with Crippen LogP contribution in [0.15, 0.2) is 18.2 Å². The van der Waals surface area contributed by atoms with E-state index in [0.29, 0.717) is 5.56 Å². The van der Waals surface area contributed by atoms with E-state index < -0.39 is 15.7 Å². The minimum absolute atomic E-state index is 0.174. The fourth-order valence-corrected chi connectivity index (χ4v) is 2.85. The second-order valence-electron chi connectivity index (χ2n) is 4.76. The number of rotatable bonds is 3. The molecule has 0 aromatic heterocycles. The zero-order valence-electron chi connectivity index (χ0n) is 10.3. The summed E-state index contributed by atoms with van der Waals surface area (Å²) < 4.78 is 28.3. The van der Waals surface area contributed by atoms with Crippen molar-refractivity contribution in [1.29, 1.82) is 5.26 Å². The van der Waals surface area contributed by atoms with E-state index in [-0.39, 0.29) is 10.7 Å². The minimum Gasteiger partial charge on any atom is -0.270 e. The van der Waals surface area contributed by atoms with E-state index in [1.165, 1.54) is 18.2 Å². The molecule has 0 aliphatic carbocycles. The summed E-state index contributed by atoms with van der Waals surface area (Å²) in [7, 11) is -3.70. The molecule has 1 aromatic rings. The Morgan fingerprint density at radius 2 is 1.94 bits per heavy atom. The highest BCUT2D eigenvalue weighted by atomic mass is 35.5. The summed E-state index contributed by atoms with van der Waals surface area (Å²) in [6, 6.07) is 6.25. The third kappa shape index (κ3) is 4.53. The van der Waals surface area contributed by atoms with Crippen LogP contribution >= 0.6 is 11.6 Å². The molecular weight excluding hydrogens is 274 g/mol. The van der Waals surface area contributed by atoms with Crippen molar-refractivity contribution in [3.8, 4) is 6.07 Å². The van der Waals surface area contributed by atoms with E-state index >= 15 is 0 Å². The summed E-state index contributed by atoms with van der Waals surface area (Å²) in [5, 5.41) is 8.85. The van der Waals surface area contributed by atoms with Crippen LogP contribution in [-0.2, 0) is 10.2 Å². The Morgan fingerprint density at radius 1 is 1.33 bits per heavy atom. The maximum Gasteiger partial charge on any atom is 0.299 e. The predicted octanol–water partition coefficient (Wildman–Crippen LogP) is 2.26. The van der Waals surface area contributed by atoms with Crippen molar-refractivity contribution in [2.75, 3.05) is 4.72 Å². The van der Waals surface area contributed by atoms with E-state index in [1.54, 1.807) is 20.8 Å². The lowest BCUT2D eigenvalue weighted by Crippen LogP contribution is -2.43. The first-order valence-corrected chi connectivity index (χ1v) is 7.00. The topological polar surface area (TPSA) is 82.0 Å². The zero-order valence-corrected chi connectivity index (χ0v) is 11.9. The second-order valence-corrected chi connectivity index (χ2v) is 6.59. The van der Waals surface area contributed by atoms with Gasteiger partial charge in [0, 0.05) is 5.54 Å². The van der Waals surface area contributed by atoms with Crippen LogP contribution in [-0.4, -0.2) is 14.0 Å². The van der Waals surface area contributed by atoms with Crippen LogP contribution in [0.3, 0.4) is 0 Å². The van der Waals surface area contributed by atoms with Gasteiger partial charge in [0.05, 0.1) is 22.3 Å². The van der Waals surface area contributed by atoms with Crippen molar-refractivity contribution in [3.05, 3.63) is 28.8 Å². The Labute approximate surface area is 112 Å². The maximum absolute atomic E-state index is 11.8. The summed E-state index contributed by atoms with van der Waals surface area (Å²) in [5.41, 5.74) is 0.00407. The second kappa shape index (κ2) is 5.14. The van der Waals surface area contributed by atoms with Crippen LogP contribution in [0.1, 0.15) is 26.3 Å². The molecule has 0 amide bonds. The van der Waals surface area contributed by atoms with Crippen molar-refractivity contribution in [3.63, 3.8) is 0 Å². The number of hydrogen-bond acceptors (Lipinski definition) is 3. The van der Waals surface area contributed by atoms with Gasteiger partial charge in [-0.15, -0.1) is 0 Å². The van der Waals surface area contributed by atoms with Crippen LogP contribution < -0.4 is 9.44 Å². The molecule has 0 unspecified atom stereocenters. The number of halogens is 1. The first kappa shape index (κ1) is 14.8. The van der Waals surface area contributed by atoms with Gasteiger partial charge < -0.3 is 0 Å². The molecule has 1 aromatic carbocycles. The quantitative estimate of drug-likeness (QED) is 0.894. The average Bonchev–Trinajstić information content (AvgIpc) is 2.17. The largest absolute Gasteiger partial charge is 0.299 e. The smallest absolute Gasteiger partial charge is 0.270 e. The van der Waals surface area contributed by atoms with Crippen molar-refractivity contribution in [1.82, 2.24) is 4.72 Å². The van der Waals surface area contributed by atoms with Gasteiger partial charge in [-0.1, -0.05) is 11.6 Å². The molecule has 0 radical (unpaired) electrons. The summed E-state index contributed by atoms with van der Waals surface area (Å²) in [4.78, 5) is 0. The Hall–Kier alpha value is -1.29. The normalized spacial score (nSPS) is 11.9. The molecule has 1 rings (SSSR count). The number of nitriles is 1. The predicted molar refractivity (Wildman–Crippen MR) is 71.6 cm³/mol. The van der Waals surface area contributed by atoms with Crippen LogP contribution in [0.25, 0.3) is 0 Å². The fraction of sp³-hybridized carbons (Fsp3) is 0.364. The van der Waals surface area contributed by atoms with Gasteiger partial charge >= 0.3 is 0 Å². The number of hydrogen-bond donors (Lipinski definition) is 2. The lowest BCUT2D eigenvalue weighted by atomic mass is 10.1. The molecule has 0 saturated carbocycles. The van der Waals surface area contributed by atoms with Gasteiger partial charge in [0.2, 0.25) is 0 Å². The van der Waals surface area contributed by atoms with Crippen molar-refractivity contribution >= 4 is 27.5 Å². The average molecular weight is 288 g/mol. The number of benzene rings is 1. The molecule has 18 heavy (non-hydrogen) atoms. The molecule has 0 bridgehead atoms. The number of nitrogens with one attached hydrogen (secondary N) is 2. The SMILES string of the molecule is CC(C)(C)NS(=O)(=O)Nc1ccc(C#N)cc1Cl. The summed E-state index contributed by atoms with van der Waals surface area (Å²) in [6.07, 6.45) is 0. The molecule has 98 valence electrons. The Bertz CT molecular complexity index is 585.